The van der Waals surface area contributed by atoms with Crippen molar-refractivity contribution in [1.29, 1.82) is 0 Å². The van der Waals surface area contributed by atoms with Crippen molar-refractivity contribution in [2.45, 2.75) is 38.6 Å². The van der Waals surface area contributed by atoms with Gasteiger partial charge in [-0.1, -0.05) is 0 Å². The number of carboxylic acid groups (broad SMARTS) is 1. The minimum absolute atomic E-state index is 0.273. The lowest BCUT2D eigenvalue weighted by atomic mass is 10.1. The van der Waals surface area contributed by atoms with Gasteiger partial charge >= 0.3 is 5.97 Å². The fraction of sp³-hybridized carbons (Fsp3) is 0.545. The van der Waals surface area contributed by atoms with Crippen LogP contribution in [0, 0.1) is 0 Å². The maximum atomic E-state index is 10.9. The molecule has 14 heavy (non-hydrogen) atoms. The Bertz CT molecular complexity index is 365. The quantitative estimate of drug-likeness (QED) is 0.782. The monoisotopic (exact) mass is 193 g/mol. The van der Waals surface area contributed by atoms with Crippen molar-refractivity contribution in [2.24, 2.45) is 0 Å². The first-order chi connectivity index (χ1) is 6.59. The molecular weight excluding hydrogens is 178 g/mol. The highest BCUT2D eigenvalue weighted by Gasteiger charge is 2.29. The topological polar surface area (TPSA) is 42.2 Å². The van der Waals surface area contributed by atoms with Crippen molar-refractivity contribution >= 4 is 5.97 Å². The van der Waals surface area contributed by atoms with E-state index in [1.807, 2.05) is 6.20 Å². The van der Waals surface area contributed by atoms with E-state index in [0.717, 1.165) is 18.4 Å². The van der Waals surface area contributed by atoms with Gasteiger partial charge < -0.3 is 9.67 Å². The van der Waals surface area contributed by atoms with Gasteiger partial charge in [0, 0.05) is 18.4 Å². The first-order valence-corrected chi connectivity index (χ1v) is 5.02. The van der Waals surface area contributed by atoms with Crippen LogP contribution in [0.1, 0.15) is 43.4 Å². The Hall–Kier alpha value is -1.25. The molecule has 1 unspecified atom stereocenters. The predicted molar refractivity (Wildman–Crippen MR) is 53.5 cm³/mol. The summed E-state index contributed by atoms with van der Waals surface area (Å²) in [4.78, 5) is 10.9. The van der Waals surface area contributed by atoms with Gasteiger partial charge in [-0.05, 0) is 37.8 Å². The zero-order valence-electron chi connectivity index (χ0n) is 8.53. The molecule has 0 aliphatic heterocycles. The zero-order valence-corrected chi connectivity index (χ0v) is 8.53. The van der Waals surface area contributed by atoms with Crippen molar-refractivity contribution in [2.75, 3.05) is 0 Å². The molecule has 1 aromatic heterocycles. The maximum Gasteiger partial charge on any atom is 0.311 e. The van der Waals surface area contributed by atoms with Gasteiger partial charge in [0.25, 0.3) is 0 Å². The van der Waals surface area contributed by atoms with Gasteiger partial charge in [-0.2, -0.15) is 0 Å². The largest absolute Gasteiger partial charge is 0.481 e. The molecule has 0 radical (unpaired) electrons. The standard InChI is InChI=1S/C11H15NO2/c1-7(2)12-5-8-3-4-9(11(13)14)10(8)6-12/h5-7,9H,3-4H2,1-2H3,(H,13,14). The second-order valence-corrected chi connectivity index (χ2v) is 4.21. The van der Waals surface area contributed by atoms with Crippen molar-refractivity contribution in [3.8, 4) is 0 Å². The number of rotatable bonds is 2. The summed E-state index contributed by atoms with van der Waals surface area (Å²) in [6.07, 6.45) is 5.75. The van der Waals surface area contributed by atoms with Crippen molar-refractivity contribution in [1.82, 2.24) is 4.57 Å². The Morgan fingerprint density at radius 3 is 2.86 bits per heavy atom. The summed E-state index contributed by atoms with van der Waals surface area (Å²) in [5.74, 6) is -0.963. The van der Waals surface area contributed by atoms with E-state index < -0.39 is 5.97 Å². The minimum atomic E-state index is -0.690. The minimum Gasteiger partial charge on any atom is -0.481 e. The SMILES string of the molecule is CC(C)n1cc2c(c1)C(C(=O)O)CC2. The lowest BCUT2D eigenvalue weighted by Crippen LogP contribution is -2.08. The Labute approximate surface area is 83.4 Å². The number of fused-ring (bicyclic) bond motifs is 1. The number of carbonyl (C=O) groups is 1. The third kappa shape index (κ3) is 1.33. The van der Waals surface area contributed by atoms with E-state index in [1.165, 1.54) is 5.56 Å². The van der Waals surface area contributed by atoms with E-state index >= 15 is 0 Å². The number of nitrogens with zero attached hydrogens (tertiary/aromatic N) is 1. The first-order valence-electron chi connectivity index (χ1n) is 5.02. The van der Waals surface area contributed by atoms with E-state index in [-0.39, 0.29) is 5.92 Å². The zero-order chi connectivity index (χ0) is 10.3. The second-order valence-electron chi connectivity index (χ2n) is 4.21. The molecule has 76 valence electrons. The maximum absolute atomic E-state index is 10.9. The van der Waals surface area contributed by atoms with Crippen LogP contribution in [0.25, 0.3) is 0 Å². The highest BCUT2D eigenvalue weighted by molar-refractivity contribution is 5.77. The van der Waals surface area contributed by atoms with Crippen LogP contribution in [-0.4, -0.2) is 15.6 Å². The van der Waals surface area contributed by atoms with E-state index in [0.29, 0.717) is 6.04 Å². The lowest BCUT2D eigenvalue weighted by Gasteiger charge is -2.07. The Morgan fingerprint density at radius 1 is 1.57 bits per heavy atom. The molecular formula is C11H15NO2. The van der Waals surface area contributed by atoms with Gasteiger partial charge in [-0.15, -0.1) is 0 Å². The summed E-state index contributed by atoms with van der Waals surface area (Å²) in [6, 6.07) is 0.412. The second kappa shape index (κ2) is 3.15. The molecule has 0 spiro atoms. The van der Waals surface area contributed by atoms with Gasteiger partial charge in [0.05, 0.1) is 5.92 Å². The summed E-state index contributed by atoms with van der Waals surface area (Å²) in [7, 11) is 0. The molecule has 1 N–H and O–H groups in total. The third-order valence-corrected chi connectivity index (χ3v) is 2.94. The first kappa shape index (κ1) is 9.31. The highest BCUT2D eigenvalue weighted by Crippen LogP contribution is 2.34. The average Bonchev–Trinajstić information content (AvgIpc) is 2.58. The molecule has 3 heteroatoms. The number of hydrogen-bond acceptors (Lipinski definition) is 1. The molecule has 3 nitrogen and oxygen atoms in total. The summed E-state index contributed by atoms with van der Waals surface area (Å²) in [5, 5.41) is 9.00. The van der Waals surface area contributed by atoms with Crippen LogP contribution in [0.3, 0.4) is 0 Å². The molecule has 0 amide bonds. The summed E-state index contributed by atoms with van der Waals surface area (Å²) >= 11 is 0. The molecule has 1 aliphatic carbocycles. The van der Waals surface area contributed by atoms with Crippen LogP contribution >= 0.6 is 0 Å². The van der Waals surface area contributed by atoms with Crippen molar-refractivity contribution in [3.05, 3.63) is 23.5 Å². The average molecular weight is 193 g/mol. The van der Waals surface area contributed by atoms with Gasteiger partial charge in [-0.25, -0.2) is 0 Å². The van der Waals surface area contributed by atoms with E-state index in [9.17, 15) is 4.79 Å². The highest BCUT2D eigenvalue weighted by atomic mass is 16.4. The molecule has 0 bridgehead atoms. The van der Waals surface area contributed by atoms with Crippen LogP contribution in [0.2, 0.25) is 0 Å². The van der Waals surface area contributed by atoms with Crippen molar-refractivity contribution in [3.63, 3.8) is 0 Å². The van der Waals surface area contributed by atoms with Gasteiger partial charge in [-0.3, -0.25) is 4.79 Å². The predicted octanol–water partition coefficient (Wildman–Crippen LogP) is 2.18. The fourth-order valence-corrected chi connectivity index (χ4v) is 2.07. The Kier molecular flexibility index (Phi) is 2.10. The fourth-order valence-electron chi connectivity index (χ4n) is 2.07. The Balaban J connectivity index is 2.35. The molecule has 1 heterocycles. The van der Waals surface area contributed by atoms with Gasteiger partial charge in [0.15, 0.2) is 0 Å². The summed E-state index contributed by atoms with van der Waals surface area (Å²) in [6.45, 7) is 4.20. The van der Waals surface area contributed by atoms with Gasteiger partial charge in [0.1, 0.15) is 0 Å². The van der Waals surface area contributed by atoms with Crippen LogP contribution in [-0.2, 0) is 11.2 Å². The molecule has 0 aromatic carbocycles. The third-order valence-electron chi connectivity index (χ3n) is 2.94. The number of aryl methyl sites for hydroxylation is 1. The smallest absolute Gasteiger partial charge is 0.311 e. The van der Waals surface area contributed by atoms with Crippen LogP contribution in [0.15, 0.2) is 12.4 Å². The molecule has 1 atom stereocenters. The number of aromatic nitrogens is 1. The molecule has 2 rings (SSSR count). The number of hydrogen-bond donors (Lipinski definition) is 1. The molecule has 1 aliphatic rings. The van der Waals surface area contributed by atoms with Crippen LogP contribution in [0.4, 0.5) is 0 Å². The lowest BCUT2D eigenvalue weighted by molar-refractivity contribution is -0.138. The molecule has 0 saturated heterocycles. The van der Waals surface area contributed by atoms with Crippen molar-refractivity contribution < 1.29 is 9.90 Å². The normalized spacial score (nSPS) is 20.1. The number of aliphatic carboxylic acids is 1. The van der Waals surface area contributed by atoms with Crippen LogP contribution in [0.5, 0.6) is 0 Å². The summed E-state index contributed by atoms with van der Waals surface area (Å²) < 4.78 is 2.10. The van der Waals surface area contributed by atoms with Gasteiger partial charge in [0.2, 0.25) is 0 Å². The molecule has 0 fully saturated rings. The Morgan fingerprint density at radius 2 is 2.29 bits per heavy atom. The molecule has 1 aromatic rings. The number of carboxylic acids is 1. The molecule has 0 saturated carbocycles. The summed E-state index contributed by atoms with van der Waals surface area (Å²) in [5.41, 5.74) is 2.23. The van der Waals surface area contributed by atoms with E-state index in [1.54, 1.807) is 0 Å². The van der Waals surface area contributed by atoms with Crippen LogP contribution < -0.4 is 0 Å². The van der Waals surface area contributed by atoms with E-state index in [4.69, 9.17) is 5.11 Å². The van der Waals surface area contributed by atoms with E-state index in [2.05, 4.69) is 24.6 Å².